The molecule has 0 radical (unpaired) electrons. The largest absolute Gasteiger partial charge is 0.544 e. The van der Waals surface area contributed by atoms with Gasteiger partial charge in [-0.15, -0.1) is 0 Å². The van der Waals surface area contributed by atoms with Gasteiger partial charge in [0.25, 0.3) is 0 Å². The second-order valence-electron chi connectivity index (χ2n) is 19.3. The Hall–Kier alpha value is -0.612. The SMILES string of the molecule is CC(C)(C)[Si](C)(C)OC[C@@H](O)[C@@H](O[Si](C)(C)C(C)(C)C)[C@H](O[Si](C)(C)C(C)(C)C)/C(=C/N1C(=O)CCC1=O)O[Si](C)(C)C(C)(C)C. The summed E-state index contributed by atoms with van der Waals surface area (Å²) in [5.74, 6) is -0.165. The van der Waals surface area contributed by atoms with Gasteiger partial charge in [0.05, 0.1) is 12.8 Å². The van der Waals surface area contributed by atoms with Gasteiger partial charge >= 0.3 is 0 Å². The lowest BCUT2D eigenvalue weighted by molar-refractivity contribution is -0.135. The lowest BCUT2D eigenvalue weighted by Gasteiger charge is -2.48. The number of imide groups is 1. The number of hydrogen-bond acceptors (Lipinski definition) is 7. The maximum absolute atomic E-state index is 13.0. The zero-order valence-corrected chi connectivity index (χ0v) is 37.3. The number of carbonyl (C=O) groups is 2. The lowest BCUT2D eigenvalue weighted by Crippen LogP contribution is -2.58. The normalized spacial score (nSPS) is 19.1. The van der Waals surface area contributed by atoms with Crippen molar-refractivity contribution in [3.05, 3.63) is 12.0 Å². The molecule has 1 heterocycles. The average Bonchev–Trinajstić information content (AvgIpc) is 3.13. The smallest absolute Gasteiger partial charge is 0.250 e. The molecule has 8 nitrogen and oxygen atoms in total. The van der Waals surface area contributed by atoms with Gasteiger partial charge in [-0.25, -0.2) is 0 Å². The molecule has 3 atom stereocenters. The van der Waals surface area contributed by atoms with Crippen LogP contribution in [0.15, 0.2) is 12.0 Å². The van der Waals surface area contributed by atoms with Crippen LogP contribution in [0, 0.1) is 0 Å². The standard InChI is InChI=1S/C34H71NO7Si4/c1-31(2,3)43(13,14)39-24-25(36)29(41-45(17,18)33(7,8)9)30(42-46(19,20)34(10,11)12)26(40-44(15,16)32(4,5)6)23-35-27(37)21-22-28(35)38/h23,25,29-30,36H,21-22,24H2,1-20H3/b26-23-/t25-,29-,30-/m1/s1. The third-order valence-corrected chi connectivity index (χ3v) is 29.2. The summed E-state index contributed by atoms with van der Waals surface area (Å²) >= 11 is 0. The molecule has 1 fully saturated rings. The summed E-state index contributed by atoms with van der Waals surface area (Å²) in [5, 5.41) is 11.6. The molecular weight excluding hydrogens is 647 g/mol. The van der Waals surface area contributed by atoms with Crippen molar-refractivity contribution in [2.45, 2.75) is 187 Å². The number of rotatable bonds is 13. The molecule has 12 heteroatoms. The summed E-state index contributed by atoms with van der Waals surface area (Å²) in [6, 6.07) is 0. The summed E-state index contributed by atoms with van der Waals surface area (Å²) in [6.07, 6.45) is -0.951. The van der Waals surface area contributed by atoms with E-state index in [1.807, 2.05) is 0 Å². The second-order valence-corrected chi connectivity index (χ2v) is 38.4. The molecule has 0 spiro atoms. The summed E-state index contributed by atoms with van der Waals surface area (Å²) in [7, 11) is -9.87. The maximum atomic E-state index is 13.0. The molecule has 0 aliphatic carbocycles. The van der Waals surface area contributed by atoms with Crippen LogP contribution in [0.5, 0.6) is 0 Å². The van der Waals surface area contributed by atoms with E-state index in [4.69, 9.17) is 17.7 Å². The molecule has 0 bridgehead atoms. The van der Waals surface area contributed by atoms with Crippen molar-refractivity contribution < 1.29 is 32.4 Å². The molecule has 46 heavy (non-hydrogen) atoms. The van der Waals surface area contributed by atoms with E-state index >= 15 is 0 Å². The zero-order chi connectivity index (χ0) is 36.7. The zero-order valence-electron chi connectivity index (χ0n) is 33.3. The average molecular weight is 718 g/mol. The van der Waals surface area contributed by atoms with Gasteiger partial charge in [-0.05, 0) is 72.5 Å². The van der Waals surface area contributed by atoms with E-state index in [-0.39, 0.29) is 51.4 Å². The molecule has 0 unspecified atom stereocenters. The minimum atomic E-state index is -2.56. The Kier molecular flexibility index (Phi) is 13.5. The highest BCUT2D eigenvalue weighted by Crippen LogP contribution is 2.45. The van der Waals surface area contributed by atoms with Crippen LogP contribution in [-0.2, 0) is 27.3 Å². The molecule has 0 aromatic heterocycles. The van der Waals surface area contributed by atoms with E-state index in [1.165, 1.54) is 4.90 Å². The third-order valence-electron chi connectivity index (χ3n) is 11.4. The van der Waals surface area contributed by atoms with Gasteiger partial charge in [0.1, 0.15) is 24.1 Å². The number of aliphatic hydroxyl groups is 1. The Balaban J connectivity index is 4.12. The molecule has 270 valence electrons. The molecular formula is C34H71NO7Si4. The number of hydrogen-bond donors (Lipinski definition) is 1. The molecule has 1 aliphatic rings. The fourth-order valence-electron chi connectivity index (χ4n) is 3.72. The Morgan fingerprint density at radius 1 is 0.674 bits per heavy atom. The lowest BCUT2D eigenvalue weighted by atomic mass is 10.1. The van der Waals surface area contributed by atoms with Crippen LogP contribution >= 0.6 is 0 Å². The predicted molar refractivity (Wildman–Crippen MR) is 201 cm³/mol. The third kappa shape index (κ3) is 10.7. The molecule has 0 saturated carbocycles. The maximum Gasteiger partial charge on any atom is 0.250 e. The van der Waals surface area contributed by atoms with Crippen LogP contribution in [0.2, 0.25) is 72.5 Å². The van der Waals surface area contributed by atoms with Crippen LogP contribution in [0.3, 0.4) is 0 Å². The Labute approximate surface area is 286 Å². The van der Waals surface area contributed by atoms with E-state index in [1.54, 1.807) is 6.20 Å². The molecule has 1 rings (SSSR count). The monoisotopic (exact) mass is 717 g/mol. The summed E-state index contributed by atoms with van der Waals surface area (Å²) in [4.78, 5) is 27.2. The van der Waals surface area contributed by atoms with E-state index in [9.17, 15) is 14.7 Å². The van der Waals surface area contributed by atoms with Gasteiger partial charge in [-0.3, -0.25) is 14.5 Å². The molecule has 2 amide bonds. The van der Waals surface area contributed by atoms with Crippen molar-refractivity contribution in [3.8, 4) is 0 Å². The second kappa shape index (κ2) is 14.3. The van der Waals surface area contributed by atoms with E-state index in [2.05, 4.69) is 135 Å². The Morgan fingerprint density at radius 3 is 1.41 bits per heavy atom. The minimum absolute atomic E-state index is 0.0491. The Morgan fingerprint density at radius 2 is 1.04 bits per heavy atom. The fourth-order valence-corrected chi connectivity index (χ4v) is 8.35. The number of likely N-dealkylation sites (tertiary alicyclic amines) is 1. The van der Waals surface area contributed by atoms with Gasteiger partial charge in [0.15, 0.2) is 25.0 Å². The Bertz CT molecular complexity index is 1090. The van der Waals surface area contributed by atoms with Gasteiger partial charge in [0.2, 0.25) is 20.1 Å². The van der Waals surface area contributed by atoms with Crippen LogP contribution in [-0.4, -0.2) is 80.0 Å². The highest BCUT2D eigenvalue weighted by molar-refractivity contribution is 6.75. The van der Waals surface area contributed by atoms with Crippen molar-refractivity contribution in [2.24, 2.45) is 0 Å². The fraction of sp³-hybridized carbons (Fsp3) is 0.882. The molecule has 0 aromatic carbocycles. The number of carbonyl (C=O) groups excluding carboxylic acids is 2. The first-order valence-electron chi connectivity index (χ1n) is 17.0. The molecule has 1 aliphatic heterocycles. The van der Waals surface area contributed by atoms with Crippen molar-refractivity contribution in [3.63, 3.8) is 0 Å². The van der Waals surface area contributed by atoms with E-state index < -0.39 is 51.6 Å². The summed E-state index contributed by atoms with van der Waals surface area (Å²) in [6.45, 7) is 43.3. The van der Waals surface area contributed by atoms with Crippen molar-refractivity contribution in [1.82, 2.24) is 4.90 Å². The number of nitrogens with zero attached hydrogens (tertiary/aromatic N) is 1. The van der Waals surface area contributed by atoms with Crippen molar-refractivity contribution in [1.29, 1.82) is 0 Å². The van der Waals surface area contributed by atoms with Gasteiger partial charge in [0, 0.05) is 12.8 Å². The van der Waals surface area contributed by atoms with Gasteiger partial charge in [-0.2, -0.15) is 0 Å². The number of aliphatic hydroxyl groups excluding tert-OH is 1. The first-order chi connectivity index (χ1) is 20.1. The van der Waals surface area contributed by atoms with E-state index in [0.717, 1.165) is 0 Å². The molecule has 1 N–H and O–H groups in total. The van der Waals surface area contributed by atoms with Gasteiger partial charge < -0.3 is 22.8 Å². The van der Waals surface area contributed by atoms with Gasteiger partial charge in [-0.1, -0.05) is 83.1 Å². The first kappa shape index (κ1) is 43.4. The first-order valence-corrected chi connectivity index (χ1v) is 28.6. The van der Waals surface area contributed by atoms with E-state index in [0.29, 0.717) is 5.76 Å². The van der Waals surface area contributed by atoms with Crippen molar-refractivity contribution >= 4 is 45.1 Å². The topological polar surface area (TPSA) is 94.5 Å². The van der Waals surface area contributed by atoms with Crippen molar-refractivity contribution in [2.75, 3.05) is 6.61 Å². The highest BCUT2D eigenvalue weighted by Gasteiger charge is 2.51. The van der Waals surface area contributed by atoms with Crippen LogP contribution in [0.25, 0.3) is 0 Å². The van der Waals surface area contributed by atoms with Crippen LogP contribution in [0.4, 0.5) is 0 Å². The molecule has 1 saturated heterocycles. The summed E-state index contributed by atoms with van der Waals surface area (Å²) in [5.41, 5.74) is 0. The molecule has 0 aromatic rings. The number of amides is 2. The van der Waals surface area contributed by atoms with Crippen LogP contribution < -0.4 is 0 Å². The predicted octanol–water partition coefficient (Wildman–Crippen LogP) is 9.16. The summed E-state index contributed by atoms with van der Waals surface area (Å²) < 4.78 is 28.1. The quantitative estimate of drug-likeness (QED) is 0.115. The minimum Gasteiger partial charge on any atom is -0.544 e. The highest BCUT2D eigenvalue weighted by atomic mass is 28.4. The van der Waals surface area contributed by atoms with Crippen LogP contribution in [0.1, 0.15) is 95.9 Å².